The van der Waals surface area contributed by atoms with Crippen molar-refractivity contribution in [3.63, 3.8) is 0 Å². The van der Waals surface area contributed by atoms with Crippen molar-refractivity contribution in [1.82, 2.24) is 9.97 Å². The van der Waals surface area contributed by atoms with E-state index in [0.717, 1.165) is 0 Å². The van der Waals surface area contributed by atoms with Gasteiger partial charge in [-0.15, -0.1) is 0 Å². The molecule has 0 aliphatic rings. The van der Waals surface area contributed by atoms with Gasteiger partial charge in [0.25, 0.3) is 0 Å². The van der Waals surface area contributed by atoms with E-state index in [1.807, 2.05) is 0 Å². The standard InChI is InChI=1S/C5H5N3O2/c6-5(9)10-4-1-2-7-3-8-4/h1-3H,(H2,6,9). The summed E-state index contributed by atoms with van der Waals surface area (Å²) in [5.41, 5.74) is 4.70. The summed E-state index contributed by atoms with van der Waals surface area (Å²) in [6.45, 7) is 0. The van der Waals surface area contributed by atoms with Crippen LogP contribution in [0.2, 0.25) is 0 Å². The van der Waals surface area contributed by atoms with Gasteiger partial charge < -0.3 is 10.5 Å². The van der Waals surface area contributed by atoms with Crippen molar-refractivity contribution in [2.24, 2.45) is 5.73 Å². The lowest BCUT2D eigenvalue weighted by Gasteiger charge is -1.95. The molecule has 0 aromatic carbocycles. The summed E-state index contributed by atoms with van der Waals surface area (Å²) in [7, 11) is 0. The van der Waals surface area contributed by atoms with Gasteiger partial charge in [0.05, 0.1) is 0 Å². The van der Waals surface area contributed by atoms with Crippen molar-refractivity contribution in [2.45, 2.75) is 0 Å². The largest absolute Gasteiger partial charge is 0.411 e. The summed E-state index contributed by atoms with van der Waals surface area (Å²) in [6.07, 6.45) is 1.84. The van der Waals surface area contributed by atoms with Crippen molar-refractivity contribution in [3.05, 3.63) is 18.6 Å². The molecule has 0 saturated carbocycles. The van der Waals surface area contributed by atoms with Gasteiger partial charge in [-0.25, -0.2) is 14.8 Å². The van der Waals surface area contributed by atoms with Crippen LogP contribution in [-0.4, -0.2) is 16.1 Å². The van der Waals surface area contributed by atoms with Gasteiger partial charge in [-0.05, 0) is 0 Å². The van der Waals surface area contributed by atoms with Crippen LogP contribution in [0, 0.1) is 0 Å². The van der Waals surface area contributed by atoms with E-state index in [4.69, 9.17) is 5.73 Å². The fourth-order valence-electron chi connectivity index (χ4n) is 0.442. The Morgan fingerprint density at radius 3 is 3.00 bits per heavy atom. The average Bonchev–Trinajstić information content (AvgIpc) is 1.88. The molecule has 5 heteroatoms. The molecular formula is C5H5N3O2. The molecule has 10 heavy (non-hydrogen) atoms. The Hall–Kier alpha value is -1.65. The fraction of sp³-hybridized carbons (Fsp3) is 0. The first kappa shape index (κ1) is 6.47. The average molecular weight is 139 g/mol. The van der Waals surface area contributed by atoms with Crippen molar-refractivity contribution >= 4 is 6.09 Å². The number of hydrogen-bond donors (Lipinski definition) is 1. The second-order valence-electron chi connectivity index (χ2n) is 1.47. The van der Waals surface area contributed by atoms with E-state index in [1.54, 1.807) is 0 Å². The first-order valence-corrected chi connectivity index (χ1v) is 2.52. The number of ether oxygens (including phenoxy) is 1. The van der Waals surface area contributed by atoms with Crippen LogP contribution in [0.5, 0.6) is 5.88 Å². The number of carbonyl (C=O) groups excluding carboxylic acids is 1. The van der Waals surface area contributed by atoms with Crippen LogP contribution in [0.1, 0.15) is 0 Å². The summed E-state index contributed by atoms with van der Waals surface area (Å²) >= 11 is 0. The minimum atomic E-state index is -0.876. The highest BCUT2D eigenvalue weighted by atomic mass is 16.6. The summed E-state index contributed by atoms with van der Waals surface area (Å²) < 4.78 is 4.40. The van der Waals surface area contributed by atoms with E-state index in [1.165, 1.54) is 18.6 Å². The highest BCUT2D eigenvalue weighted by molar-refractivity contribution is 5.67. The first-order valence-electron chi connectivity index (χ1n) is 2.52. The van der Waals surface area contributed by atoms with Gasteiger partial charge in [-0.1, -0.05) is 0 Å². The SMILES string of the molecule is NC(=O)Oc1ccncn1. The van der Waals surface area contributed by atoms with Crippen LogP contribution in [0.25, 0.3) is 0 Å². The predicted molar refractivity (Wildman–Crippen MR) is 32.2 cm³/mol. The maximum absolute atomic E-state index is 10.1. The second-order valence-corrected chi connectivity index (χ2v) is 1.47. The summed E-state index contributed by atoms with van der Waals surface area (Å²) in [6, 6.07) is 1.44. The zero-order chi connectivity index (χ0) is 7.40. The number of carbonyl (C=O) groups is 1. The molecule has 2 N–H and O–H groups in total. The lowest BCUT2D eigenvalue weighted by molar-refractivity contribution is 0.209. The Kier molecular flexibility index (Phi) is 1.79. The van der Waals surface area contributed by atoms with E-state index in [-0.39, 0.29) is 5.88 Å². The van der Waals surface area contributed by atoms with Crippen molar-refractivity contribution < 1.29 is 9.53 Å². The van der Waals surface area contributed by atoms with Crippen molar-refractivity contribution in [1.29, 1.82) is 0 Å². The third-order valence-corrected chi connectivity index (χ3v) is 0.760. The fourth-order valence-corrected chi connectivity index (χ4v) is 0.442. The lowest BCUT2D eigenvalue weighted by Crippen LogP contribution is -2.16. The van der Waals surface area contributed by atoms with E-state index >= 15 is 0 Å². The monoisotopic (exact) mass is 139 g/mol. The van der Waals surface area contributed by atoms with E-state index in [0.29, 0.717) is 0 Å². The number of aromatic nitrogens is 2. The Bertz CT molecular complexity index is 224. The maximum Gasteiger partial charge on any atom is 0.411 e. The number of primary amides is 1. The van der Waals surface area contributed by atoms with Gasteiger partial charge in [0.1, 0.15) is 6.33 Å². The predicted octanol–water partition coefficient (Wildman–Crippen LogP) is -0.0659. The molecule has 5 nitrogen and oxygen atoms in total. The van der Waals surface area contributed by atoms with E-state index in [9.17, 15) is 4.79 Å². The number of amides is 1. The molecule has 0 fully saturated rings. The van der Waals surface area contributed by atoms with Crippen molar-refractivity contribution in [2.75, 3.05) is 0 Å². The normalized spacial score (nSPS) is 8.80. The molecule has 0 unspecified atom stereocenters. The quantitative estimate of drug-likeness (QED) is 0.590. The van der Waals surface area contributed by atoms with E-state index < -0.39 is 6.09 Å². The number of nitrogens with two attached hydrogens (primary N) is 1. The number of rotatable bonds is 1. The van der Waals surface area contributed by atoms with Gasteiger partial charge in [0.2, 0.25) is 5.88 Å². The van der Waals surface area contributed by atoms with Gasteiger partial charge >= 0.3 is 6.09 Å². The summed E-state index contributed by atoms with van der Waals surface area (Å²) in [5.74, 6) is 0.155. The molecule has 1 aromatic heterocycles. The zero-order valence-corrected chi connectivity index (χ0v) is 5.02. The van der Waals surface area contributed by atoms with Crippen LogP contribution in [0.3, 0.4) is 0 Å². The molecule has 0 aliphatic carbocycles. The molecule has 0 atom stereocenters. The van der Waals surface area contributed by atoms with E-state index in [2.05, 4.69) is 14.7 Å². The minimum Gasteiger partial charge on any atom is -0.391 e. The van der Waals surface area contributed by atoms with Gasteiger partial charge in [-0.2, -0.15) is 0 Å². The minimum absolute atomic E-state index is 0.155. The molecule has 1 rings (SSSR count). The van der Waals surface area contributed by atoms with Crippen LogP contribution in [0.4, 0.5) is 4.79 Å². The zero-order valence-electron chi connectivity index (χ0n) is 5.02. The van der Waals surface area contributed by atoms with Gasteiger partial charge in [-0.3, -0.25) is 0 Å². The molecule has 0 saturated heterocycles. The number of hydrogen-bond acceptors (Lipinski definition) is 4. The molecule has 0 bridgehead atoms. The third kappa shape index (κ3) is 1.70. The molecule has 1 aromatic rings. The van der Waals surface area contributed by atoms with Crippen LogP contribution in [0.15, 0.2) is 18.6 Å². The Morgan fingerprint density at radius 1 is 1.70 bits per heavy atom. The molecule has 0 spiro atoms. The molecular weight excluding hydrogens is 134 g/mol. The van der Waals surface area contributed by atoms with Crippen LogP contribution < -0.4 is 10.5 Å². The smallest absolute Gasteiger partial charge is 0.391 e. The maximum atomic E-state index is 10.1. The van der Waals surface area contributed by atoms with Gasteiger partial charge in [0.15, 0.2) is 0 Å². The van der Waals surface area contributed by atoms with Crippen LogP contribution in [-0.2, 0) is 0 Å². The molecule has 1 heterocycles. The first-order chi connectivity index (χ1) is 4.79. The third-order valence-electron chi connectivity index (χ3n) is 0.760. The highest BCUT2D eigenvalue weighted by Crippen LogP contribution is 1.99. The molecule has 0 radical (unpaired) electrons. The molecule has 1 amide bonds. The number of nitrogens with zero attached hydrogens (tertiary/aromatic N) is 2. The second kappa shape index (κ2) is 2.77. The van der Waals surface area contributed by atoms with Crippen molar-refractivity contribution in [3.8, 4) is 5.88 Å². The highest BCUT2D eigenvalue weighted by Gasteiger charge is 1.95. The topological polar surface area (TPSA) is 78.1 Å². The van der Waals surface area contributed by atoms with Crippen LogP contribution >= 0.6 is 0 Å². The molecule has 0 aliphatic heterocycles. The van der Waals surface area contributed by atoms with Gasteiger partial charge in [0, 0.05) is 12.3 Å². The lowest BCUT2D eigenvalue weighted by atomic mass is 10.6. The Morgan fingerprint density at radius 2 is 2.50 bits per heavy atom. The molecule has 52 valence electrons. The summed E-state index contributed by atoms with van der Waals surface area (Å²) in [5, 5.41) is 0. The summed E-state index contributed by atoms with van der Waals surface area (Å²) in [4.78, 5) is 17.3. The Balaban J connectivity index is 2.67. The Labute approximate surface area is 56.9 Å².